The van der Waals surface area contributed by atoms with Crippen LogP contribution in [0.3, 0.4) is 0 Å². The van der Waals surface area contributed by atoms with Crippen LogP contribution in [0.1, 0.15) is 15.9 Å². The van der Waals surface area contributed by atoms with Gasteiger partial charge in [-0.1, -0.05) is 18.2 Å². The van der Waals surface area contributed by atoms with Crippen LogP contribution in [0.4, 0.5) is 0 Å². The first-order chi connectivity index (χ1) is 4.88. The molecule has 1 aromatic rings. The average Bonchev–Trinajstić information content (AvgIpc) is 2.34. The van der Waals surface area contributed by atoms with Gasteiger partial charge in [-0.3, -0.25) is 4.79 Å². The van der Waals surface area contributed by atoms with Crippen molar-refractivity contribution in [3.05, 3.63) is 41.9 Å². The lowest BCUT2D eigenvalue weighted by atomic mass is 10.1. The fourth-order valence-corrected chi connectivity index (χ4v) is 0.982. The third-order valence-electron chi connectivity index (χ3n) is 1.48. The number of hydrogen-bond donors (Lipinski definition) is 1. The molecule has 1 heterocycles. The number of amides is 1. The maximum atomic E-state index is 10.9. The SMILES string of the molecule is O=C1N[C]c2ccccc21. The number of nitrogens with one attached hydrogen (secondary N) is 1. The summed E-state index contributed by atoms with van der Waals surface area (Å²) in [6.07, 6.45) is 0. The van der Waals surface area contributed by atoms with Crippen molar-refractivity contribution >= 4 is 5.91 Å². The summed E-state index contributed by atoms with van der Waals surface area (Å²) in [5.41, 5.74) is 1.56. The number of rotatable bonds is 0. The largest absolute Gasteiger partial charge is 0.337 e. The van der Waals surface area contributed by atoms with Crippen molar-refractivity contribution in [2.75, 3.05) is 0 Å². The molecule has 0 aromatic heterocycles. The lowest BCUT2D eigenvalue weighted by Crippen LogP contribution is -2.10. The fourth-order valence-electron chi connectivity index (χ4n) is 0.982. The molecular weight excluding hydrogens is 126 g/mol. The highest BCUT2D eigenvalue weighted by molar-refractivity contribution is 6.00. The van der Waals surface area contributed by atoms with Gasteiger partial charge in [0.2, 0.25) is 0 Å². The number of hydrogen-bond acceptors (Lipinski definition) is 1. The lowest BCUT2D eigenvalue weighted by molar-refractivity contribution is 0.0975. The molecule has 1 aliphatic heterocycles. The van der Waals surface area contributed by atoms with Crippen molar-refractivity contribution in [1.29, 1.82) is 0 Å². The van der Waals surface area contributed by atoms with Gasteiger partial charge in [0.1, 0.15) is 6.54 Å². The van der Waals surface area contributed by atoms with Gasteiger partial charge in [-0.2, -0.15) is 0 Å². The van der Waals surface area contributed by atoms with E-state index in [1.807, 2.05) is 18.2 Å². The smallest absolute Gasteiger partial charge is 0.252 e. The van der Waals surface area contributed by atoms with Crippen molar-refractivity contribution in [2.45, 2.75) is 0 Å². The number of carbonyl (C=O) groups excluding carboxylic acids is 1. The van der Waals surface area contributed by atoms with E-state index in [4.69, 9.17) is 0 Å². The molecule has 0 saturated carbocycles. The van der Waals surface area contributed by atoms with Gasteiger partial charge in [-0.25, -0.2) is 0 Å². The molecule has 1 N–H and O–H groups in total. The Morgan fingerprint density at radius 3 is 2.90 bits per heavy atom. The van der Waals surface area contributed by atoms with E-state index in [1.165, 1.54) is 0 Å². The van der Waals surface area contributed by atoms with E-state index in [-0.39, 0.29) is 5.91 Å². The van der Waals surface area contributed by atoms with Gasteiger partial charge in [0.25, 0.3) is 5.91 Å². The molecule has 1 amide bonds. The Morgan fingerprint density at radius 2 is 2.10 bits per heavy atom. The molecular formula is C8H5NO. The van der Waals surface area contributed by atoms with E-state index in [9.17, 15) is 4.79 Å². The molecule has 0 unspecified atom stereocenters. The summed E-state index contributed by atoms with van der Waals surface area (Å²) in [6, 6.07) is 7.36. The first kappa shape index (κ1) is 5.47. The Bertz CT molecular complexity index is 280. The summed E-state index contributed by atoms with van der Waals surface area (Å²) in [7, 11) is 0. The van der Waals surface area contributed by atoms with Crippen LogP contribution in [-0.2, 0) is 0 Å². The Morgan fingerprint density at radius 1 is 1.30 bits per heavy atom. The van der Waals surface area contributed by atoms with Crippen molar-refractivity contribution in [3.63, 3.8) is 0 Å². The van der Waals surface area contributed by atoms with Crippen LogP contribution in [0.25, 0.3) is 0 Å². The highest BCUT2D eigenvalue weighted by Crippen LogP contribution is 2.14. The molecule has 0 fully saturated rings. The van der Waals surface area contributed by atoms with E-state index in [0.29, 0.717) is 5.56 Å². The first-order valence-electron chi connectivity index (χ1n) is 3.03. The minimum Gasteiger partial charge on any atom is -0.337 e. The van der Waals surface area contributed by atoms with Crippen LogP contribution in [0.15, 0.2) is 24.3 Å². The van der Waals surface area contributed by atoms with E-state index >= 15 is 0 Å². The molecule has 0 atom stereocenters. The quantitative estimate of drug-likeness (QED) is 0.554. The molecule has 48 valence electrons. The average molecular weight is 131 g/mol. The van der Waals surface area contributed by atoms with E-state index < -0.39 is 0 Å². The number of benzene rings is 1. The van der Waals surface area contributed by atoms with Gasteiger partial charge in [0, 0.05) is 5.56 Å². The lowest BCUT2D eigenvalue weighted by Gasteiger charge is -1.89. The van der Waals surface area contributed by atoms with Gasteiger partial charge in [-0.15, -0.1) is 0 Å². The zero-order valence-electron chi connectivity index (χ0n) is 5.22. The Labute approximate surface area is 58.9 Å². The second-order valence-corrected chi connectivity index (χ2v) is 2.12. The molecule has 0 saturated heterocycles. The molecule has 2 nitrogen and oxygen atoms in total. The maximum Gasteiger partial charge on any atom is 0.252 e. The van der Waals surface area contributed by atoms with Crippen LogP contribution < -0.4 is 5.32 Å². The molecule has 1 aromatic carbocycles. The summed E-state index contributed by atoms with van der Waals surface area (Å²) in [5, 5.41) is 2.50. The minimum atomic E-state index is -0.0596. The van der Waals surface area contributed by atoms with Crippen molar-refractivity contribution in [3.8, 4) is 0 Å². The van der Waals surface area contributed by atoms with Crippen LogP contribution in [0, 0.1) is 6.54 Å². The summed E-state index contributed by atoms with van der Waals surface area (Å²) in [4.78, 5) is 10.9. The number of fused-ring (bicyclic) bond motifs is 1. The second-order valence-electron chi connectivity index (χ2n) is 2.12. The van der Waals surface area contributed by atoms with Gasteiger partial charge in [-0.05, 0) is 11.6 Å². The Kier molecular flexibility index (Phi) is 1.01. The molecule has 10 heavy (non-hydrogen) atoms. The van der Waals surface area contributed by atoms with Crippen LogP contribution in [-0.4, -0.2) is 5.91 Å². The zero-order valence-corrected chi connectivity index (χ0v) is 5.22. The van der Waals surface area contributed by atoms with Crippen LogP contribution in [0.5, 0.6) is 0 Å². The van der Waals surface area contributed by atoms with Crippen LogP contribution in [0.2, 0.25) is 0 Å². The van der Waals surface area contributed by atoms with Crippen molar-refractivity contribution < 1.29 is 4.79 Å². The predicted octanol–water partition coefficient (Wildman–Crippen LogP) is 0.817. The molecule has 0 bridgehead atoms. The van der Waals surface area contributed by atoms with Gasteiger partial charge in [0.05, 0.1) is 0 Å². The van der Waals surface area contributed by atoms with Crippen molar-refractivity contribution in [1.82, 2.24) is 5.32 Å². The summed E-state index contributed by atoms with van der Waals surface area (Å²) in [6.45, 7) is 2.75. The standard InChI is InChI=1S/C8H5NO/c10-8-7-4-2-1-3-6(7)5-9-8/h1-4H,(H,9,10). The molecule has 0 spiro atoms. The maximum absolute atomic E-state index is 10.9. The topological polar surface area (TPSA) is 29.1 Å². The monoisotopic (exact) mass is 131 g/mol. The summed E-state index contributed by atoms with van der Waals surface area (Å²) in [5.74, 6) is -0.0596. The van der Waals surface area contributed by atoms with Gasteiger partial charge in [0.15, 0.2) is 0 Å². The van der Waals surface area contributed by atoms with Crippen LogP contribution >= 0.6 is 0 Å². The third kappa shape index (κ3) is 0.620. The normalized spacial score (nSPS) is 14.6. The first-order valence-corrected chi connectivity index (χ1v) is 3.03. The minimum absolute atomic E-state index is 0.0596. The number of carbonyl (C=O) groups is 1. The molecule has 0 aliphatic carbocycles. The molecule has 2 radical (unpaired) electrons. The molecule has 1 aliphatic rings. The fraction of sp³-hybridized carbons (Fsp3) is 0. The highest BCUT2D eigenvalue weighted by atomic mass is 16.1. The summed E-state index contributed by atoms with van der Waals surface area (Å²) < 4.78 is 0. The third-order valence-corrected chi connectivity index (χ3v) is 1.48. The Balaban J connectivity index is 2.61. The molecule has 2 heteroatoms. The van der Waals surface area contributed by atoms with Gasteiger partial charge >= 0.3 is 0 Å². The van der Waals surface area contributed by atoms with E-state index in [1.54, 1.807) is 6.07 Å². The predicted molar refractivity (Wildman–Crippen MR) is 36.3 cm³/mol. The Hall–Kier alpha value is -1.31. The van der Waals surface area contributed by atoms with Gasteiger partial charge < -0.3 is 5.32 Å². The van der Waals surface area contributed by atoms with E-state index in [0.717, 1.165) is 5.56 Å². The van der Waals surface area contributed by atoms with E-state index in [2.05, 4.69) is 11.9 Å². The second kappa shape index (κ2) is 1.84. The molecule has 2 rings (SSSR count). The zero-order chi connectivity index (χ0) is 6.97. The highest BCUT2D eigenvalue weighted by Gasteiger charge is 2.17. The van der Waals surface area contributed by atoms with Crippen molar-refractivity contribution in [2.24, 2.45) is 0 Å². The summed E-state index contributed by atoms with van der Waals surface area (Å²) >= 11 is 0.